The van der Waals surface area contributed by atoms with E-state index in [1.165, 1.54) is 6.07 Å². The minimum absolute atomic E-state index is 0.104. The maximum Gasteiger partial charge on any atom is 0.573 e. The average Bonchev–Trinajstić information content (AvgIpc) is 2.80. The van der Waals surface area contributed by atoms with E-state index in [2.05, 4.69) is 41.3 Å². The Kier molecular flexibility index (Phi) is 5.34. The van der Waals surface area contributed by atoms with Gasteiger partial charge in [0.25, 0.3) is 0 Å². The lowest BCUT2D eigenvalue weighted by Gasteiger charge is -2.17. The lowest BCUT2D eigenvalue weighted by molar-refractivity contribution is -0.274. The zero-order valence-corrected chi connectivity index (χ0v) is 15.5. The molecule has 0 aliphatic rings. The van der Waals surface area contributed by atoms with E-state index in [0.29, 0.717) is 4.47 Å². The number of nitrogens with two attached hydrogens (primary N) is 1. The quantitative estimate of drug-likeness (QED) is 0.664. The highest BCUT2D eigenvalue weighted by atomic mass is 79.9. The van der Waals surface area contributed by atoms with Crippen molar-refractivity contribution in [3.63, 3.8) is 0 Å². The zero-order chi connectivity index (χ0) is 18.9. The molecule has 0 unspecified atom stereocenters. The van der Waals surface area contributed by atoms with Crippen LogP contribution < -0.4 is 10.5 Å². The summed E-state index contributed by atoms with van der Waals surface area (Å²) in [6, 6.07) is 4.27. The molecular formula is C14H8Br2F3N3O3. The Hall–Kier alpha value is -2.19. The lowest BCUT2D eigenvalue weighted by atomic mass is 10.2. The highest BCUT2D eigenvalue weighted by Gasteiger charge is 2.34. The molecule has 0 radical (unpaired) electrons. The van der Waals surface area contributed by atoms with Gasteiger partial charge in [0.05, 0.1) is 18.4 Å². The van der Waals surface area contributed by atoms with Crippen LogP contribution in [0.25, 0.3) is 5.69 Å². The SMILES string of the molecule is COC(=O)c1c(N)c(C#N)cn1-c1c(Br)cc(Br)cc1OC(F)(F)F. The molecule has 0 aliphatic heterocycles. The molecule has 1 aromatic carbocycles. The molecule has 0 saturated carbocycles. The number of nitriles is 1. The average molecular weight is 483 g/mol. The highest BCUT2D eigenvalue weighted by molar-refractivity contribution is 9.11. The van der Waals surface area contributed by atoms with Crippen LogP contribution in [0.15, 0.2) is 27.3 Å². The minimum atomic E-state index is -4.98. The maximum absolute atomic E-state index is 12.7. The summed E-state index contributed by atoms with van der Waals surface area (Å²) in [7, 11) is 1.08. The van der Waals surface area contributed by atoms with Crippen molar-refractivity contribution >= 4 is 43.5 Å². The van der Waals surface area contributed by atoms with Crippen LogP contribution in [0.3, 0.4) is 0 Å². The zero-order valence-electron chi connectivity index (χ0n) is 12.3. The predicted molar refractivity (Wildman–Crippen MR) is 88.3 cm³/mol. The Balaban J connectivity index is 2.83. The molecule has 2 N–H and O–H groups in total. The number of nitrogens with zero attached hydrogens (tertiary/aromatic N) is 2. The van der Waals surface area contributed by atoms with Crippen molar-refractivity contribution in [3.8, 4) is 17.5 Å². The number of carbonyl (C=O) groups excluding carboxylic acids is 1. The third-order valence-electron chi connectivity index (χ3n) is 3.00. The van der Waals surface area contributed by atoms with Gasteiger partial charge in [-0.1, -0.05) is 15.9 Å². The second-order valence-corrected chi connectivity index (χ2v) is 6.33. The molecule has 0 bridgehead atoms. The summed E-state index contributed by atoms with van der Waals surface area (Å²) in [6.07, 6.45) is -3.85. The highest BCUT2D eigenvalue weighted by Crippen LogP contribution is 2.39. The third-order valence-corrected chi connectivity index (χ3v) is 4.07. The Labute approximate surface area is 156 Å². The first-order valence-corrected chi connectivity index (χ1v) is 7.92. The lowest BCUT2D eigenvalue weighted by Crippen LogP contribution is -2.19. The van der Waals surface area contributed by atoms with Gasteiger partial charge in [-0.05, 0) is 28.1 Å². The molecule has 25 heavy (non-hydrogen) atoms. The fraction of sp³-hybridized carbons (Fsp3) is 0.143. The van der Waals surface area contributed by atoms with Crippen molar-refractivity contribution in [1.82, 2.24) is 4.57 Å². The van der Waals surface area contributed by atoms with Crippen molar-refractivity contribution in [1.29, 1.82) is 5.26 Å². The molecule has 132 valence electrons. The fourth-order valence-corrected chi connectivity index (χ4v) is 3.45. The molecule has 0 amide bonds. The topological polar surface area (TPSA) is 90.3 Å². The van der Waals surface area contributed by atoms with Crippen LogP contribution >= 0.6 is 31.9 Å². The van der Waals surface area contributed by atoms with Crippen molar-refractivity contribution in [3.05, 3.63) is 38.5 Å². The van der Waals surface area contributed by atoms with Gasteiger partial charge in [0.15, 0.2) is 11.4 Å². The van der Waals surface area contributed by atoms with Gasteiger partial charge in [-0.3, -0.25) is 0 Å². The summed E-state index contributed by atoms with van der Waals surface area (Å²) < 4.78 is 48.3. The van der Waals surface area contributed by atoms with Crippen LogP contribution in [-0.2, 0) is 4.74 Å². The largest absolute Gasteiger partial charge is 0.573 e. The van der Waals surface area contributed by atoms with E-state index in [0.717, 1.165) is 23.9 Å². The van der Waals surface area contributed by atoms with Gasteiger partial charge in [-0.15, -0.1) is 13.2 Å². The van der Waals surface area contributed by atoms with Crippen LogP contribution in [0.1, 0.15) is 16.1 Å². The first-order chi connectivity index (χ1) is 11.6. The Morgan fingerprint density at radius 3 is 2.52 bits per heavy atom. The monoisotopic (exact) mass is 481 g/mol. The van der Waals surface area contributed by atoms with Crippen molar-refractivity contribution in [2.45, 2.75) is 6.36 Å². The van der Waals surface area contributed by atoms with E-state index < -0.39 is 18.1 Å². The van der Waals surface area contributed by atoms with E-state index in [-0.39, 0.29) is 27.1 Å². The number of rotatable bonds is 3. The molecule has 2 aromatic rings. The van der Waals surface area contributed by atoms with Crippen LogP contribution in [0.5, 0.6) is 5.75 Å². The van der Waals surface area contributed by atoms with E-state index in [9.17, 15) is 18.0 Å². The Bertz CT molecular complexity index is 888. The van der Waals surface area contributed by atoms with Gasteiger partial charge >= 0.3 is 12.3 Å². The number of esters is 1. The number of anilines is 1. The molecule has 0 fully saturated rings. The molecule has 1 heterocycles. The number of methoxy groups -OCH3 is 1. The number of hydrogen-bond acceptors (Lipinski definition) is 5. The molecule has 0 atom stereocenters. The van der Waals surface area contributed by atoms with E-state index in [4.69, 9.17) is 11.0 Å². The summed E-state index contributed by atoms with van der Waals surface area (Å²) in [4.78, 5) is 12.0. The molecule has 0 spiro atoms. The Morgan fingerprint density at radius 1 is 1.36 bits per heavy atom. The number of hydrogen-bond donors (Lipinski definition) is 1. The van der Waals surface area contributed by atoms with Gasteiger partial charge in [-0.2, -0.15) is 5.26 Å². The Morgan fingerprint density at radius 2 is 2.00 bits per heavy atom. The molecule has 2 rings (SSSR count). The first kappa shape index (κ1) is 19.1. The molecule has 6 nitrogen and oxygen atoms in total. The van der Waals surface area contributed by atoms with Crippen LogP contribution in [0.4, 0.5) is 18.9 Å². The second-order valence-electron chi connectivity index (χ2n) is 4.56. The number of carbonyl (C=O) groups is 1. The number of aromatic nitrogens is 1. The summed E-state index contributed by atoms with van der Waals surface area (Å²) >= 11 is 6.20. The van der Waals surface area contributed by atoms with Crippen molar-refractivity contribution < 1.29 is 27.4 Å². The molecular weight excluding hydrogens is 475 g/mol. The standard InChI is InChI=1S/C14H8Br2F3N3O3/c1-24-13(23)12-10(21)6(4-20)5-22(12)11-8(16)2-7(15)3-9(11)25-14(17,18)19/h2-3,5H,21H2,1H3. The maximum atomic E-state index is 12.7. The van der Waals surface area contributed by atoms with E-state index in [1.54, 1.807) is 6.07 Å². The van der Waals surface area contributed by atoms with Crippen molar-refractivity contribution in [2.24, 2.45) is 0 Å². The van der Waals surface area contributed by atoms with E-state index >= 15 is 0 Å². The minimum Gasteiger partial charge on any atom is -0.464 e. The number of nitrogen functional groups attached to an aromatic ring is 1. The summed E-state index contributed by atoms with van der Waals surface area (Å²) in [5.41, 5.74) is 4.96. The van der Waals surface area contributed by atoms with Gasteiger partial charge in [0, 0.05) is 15.1 Å². The van der Waals surface area contributed by atoms with Crippen LogP contribution in [-0.4, -0.2) is 24.0 Å². The normalized spacial score (nSPS) is 11.1. The van der Waals surface area contributed by atoms with E-state index in [1.807, 2.05) is 0 Å². The molecule has 1 aromatic heterocycles. The van der Waals surface area contributed by atoms with Crippen LogP contribution in [0, 0.1) is 11.3 Å². The summed E-state index contributed by atoms with van der Waals surface area (Å²) in [6.45, 7) is 0. The molecule has 0 saturated heterocycles. The van der Waals surface area contributed by atoms with Gasteiger partial charge in [-0.25, -0.2) is 4.79 Å². The predicted octanol–water partition coefficient (Wildman–Crippen LogP) is 4.14. The first-order valence-electron chi connectivity index (χ1n) is 6.33. The number of benzene rings is 1. The number of halogens is 5. The van der Waals surface area contributed by atoms with Crippen LogP contribution in [0.2, 0.25) is 0 Å². The van der Waals surface area contributed by atoms with Gasteiger partial charge in [0.2, 0.25) is 0 Å². The molecule has 0 aliphatic carbocycles. The molecule has 11 heteroatoms. The summed E-state index contributed by atoms with van der Waals surface area (Å²) in [5, 5.41) is 9.10. The van der Waals surface area contributed by atoms with Gasteiger partial charge in [0.1, 0.15) is 11.8 Å². The van der Waals surface area contributed by atoms with Gasteiger partial charge < -0.3 is 19.8 Å². The third kappa shape index (κ3) is 3.91. The second kappa shape index (κ2) is 6.97. The smallest absolute Gasteiger partial charge is 0.464 e. The number of alkyl halides is 3. The fourth-order valence-electron chi connectivity index (χ4n) is 2.07. The summed E-state index contributed by atoms with van der Waals surface area (Å²) in [5.74, 6) is -1.54. The number of ether oxygens (including phenoxy) is 2. The van der Waals surface area contributed by atoms with Crippen molar-refractivity contribution in [2.75, 3.05) is 12.8 Å².